The van der Waals surface area contributed by atoms with Crippen LogP contribution in [-0.2, 0) is 17.8 Å². The van der Waals surface area contributed by atoms with E-state index < -0.39 is 0 Å². The molecule has 0 bridgehead atoms. The first-order valence-electron chi connectivity index (χ1n) is 6.70. The van der Waals surface area contributed by atoms with E-state index in [2.05, 4.69) is 20.0 Å². The standard InChI is InChI=1S/C13H21N5O/c1-2-19-12-4-8-17-10-6-14-13(17)15-7-11-18-9-3-5-16-18/h3,5-6,9-10H,2,4,7-8,11-12H2,1H3,(H,14,15). The number of rotatable bonds is 9. The van der Waals surface area contributed by atoms with E-state index in [0.29, 0.717) is 0 Å². The van der Waals surface area contributed by atoms with Gasteiger partial charge in [-0.05, 0) is 19.4 Å². The smallest absolute Gasteiger partial charge is 0.202 e. The van der Waals surface area contributed by atoms with Gasteiger partial charge in [0, 0.05) is 51.1 Å². The van der Waals surface area contributed by atoms with Gasteiger partial charge in [-0.15, -0.1) is 0 Å². The van der Waals surface area contributed by atoms with Gasteiger partial charge >= 0.3 is 0 Å². The fourth-order valence-corrected chi connectivity index (χ4v) is 1.85. The van der Waals surface area contributed by atoms with E-state index in [9.17, 15) is 0 Å². The molecule has 104 valence electrons. The van der Waals surface area contributed by atoms with E-state index in [-0.39, 0.29) is 0 Å². The second-order valence-electron chi connectivity index (χ2n) is 4.19. The summed E-state index contributed by atoms with van der Waals surface area (Å²) in [7, 11) is 0. The Kier molecular flexibility index (Phi) is 5.43. The first-order chi connectivity index (χ1) is 9.40. The molecule has 0 atom stereocenters. The highest BCUT2D eigenvalue weighted by atomic mass is 16.5. The van der Waals surface area contributed by atoms with Crippen molar-refractivity contribution in [3.05, 3.63) is 30.9 Å². The molecule has 0 aliphatic heterocycles. The Labute approximate surface area is 113 Å². The van der Waals surface area contributed by atoms with Gasteiger partial charge in [-0.25, -0.2) is 4.98 Å². The number of imidazole rings is 1. The summed E-state index contributed by atoms with van der Waals surface area (Å²) in [4.78, 5) is 4.32. The summed E-state index contributed by atoms with van der Waals surface area (Å²) in [6, 6.07) is 1.93. The maximum atomic E-state index is 5.34. The minimum Gasteiger partial charge on any atom is -0.382 e. The molecule has 2 aromatic rings. The van der Waals surface area contributed by atoms with Gasteiger partial charge in [-0.2, -0.15) is 5.10 Å². The lowest BCUT2D eigenvalue weighted by molar-refractivity contribution is 0.142. The van der Waals surface area contributed by atoms with Gasteiger partial charge in [-0.1, -0.05) is 0 Å². The van der Waals surface area contributed by atoms with Gasteiger partial charge in [0.2, 0.25) is 5.95 Å². The molecular formula is C13H21N5O. The third kappa shape index (κ3) is 4.40. The van der Waals surface area contributed by atoms with Crippen LogP contribution in [0.2, 0.25) is 0 Å². The fourth-order valence-electron chi connectivity index (χ4n) is 1.85. The molecule has 0 saturated heterocycles. The summed E-state index contributed by atoms with van der Waals surface area (Å²) in [5.74, 6) is 0.906. The van der Waals surface area contributed by atoms with Gasteiger partial charge in [0.1, 0.15) is 0 Å². The number of hydrogen-bond donors (Lipinski definition) is 1. The summed E-state index contributed by atoms with van der Waals surface area (Å²) in [5, 5.41) is 7.48. The van der Waals surface area contributed by atoms with Crippen LogP contribution in [0.4, 0.5) is 5.95 Å². The number of aryl methyl sites for hydroxylation is 1. The van der Waals surface area contributed by atoms with Crippen molar-refractivity contribution in [3.8, 4) is 0 Å². The van der Waals surface area contributed by atoms with Crippen LogP contribution in [0, 0.1) is 0 Å². The van der Waals surface area contributed by atoms with Crippen LogP contribution < -0.4 is 5.32 Å². The third-order valence-corrected chi connectivity index (χ3v) is 2.79. The summed E-state index contributed by atoms with van der Waals surface area (Å²) < 4.78 is 9.35. The highest BCUT2D eigenvalue weighted by molar-refractivity contribution is 5.25. The number of nitrogens with zero attached hydrogens (tertiary/aromatic N) is 4. The van der Waals surface area contributed by atoms with Crippen LogP contribution >= 0.6 is 0 Å². The molecule has 0 aliphatic carbocycles. The second-order valence-corrected chi connectivity index (χ2v) is 4.19. The lowest BCUT2D eigenvalue weighted by Gasteiger charge is -2.10. The van der Waals surface area contributed by atoms with E-state index in [1.54, 1.807) is 6.20 Å². The van der Waals surface area contributed by atoms with Crippen molar-refractivity contribution in [2.24, 2.45) is 0 Å². The molecule has 6 nitrogen and oxygen atoms in total. The lowest BCUT2D eigenvalue weighted by atomic mass is 10.4. The SMILES string of the molecule is CCOCCCn1ccnc1NCCn1cccn1. The van der Waals surface area contributed by atoms with Gasteiger partial charge in [0.15, 0.2) is 0 Å². The predicted octanol–water partition coefficient (Wildman–Crippen LogP) is 1.62. The van der Waals surface area contributed by atoms with E-state index in [4.69, 9.17) is 4.74 Å². The van der Waals surface area contributed by atoms with Crippen LogP contribution in [-0.4, -0.2) is 39.1 Å². The summed E-state index contributed by atoms with van der Waals surface area (Å²) in [6.07, 6.45) is 8.54. The summed E-state index contributed by atoms with van der Waals surface area (Å²) in [5.41, 5.74) is 0. The van der Waals surface area contributed by atoms with E-state index in [1.165, 1.54) is 0 Å². The molecule has 0 fully saturated rings. The zero-order chi connectivity index (χ0) is 13.3. The molecule has 0 saturated carbocycles. The fraction of sp³-hybridized carbons (Fsp3) is 0.538. The molecular weight excluding hydrogens is 242 g/mol. The Morgan fingerprint density at radius 2 is 2.21 bits per heavy atom. The van der Waals surface area contributed by atoms with Crippen molar-refractivity contribution in [2.75, 3.05) is 25.1 Å². The topological polar surface area (TPSA) is 56.9 Å². The van der Waals surface area contributed by atoms with Gasteiger partial charge in [0.25, 0.3) is 0 Å². The van der Waals surface area contributed by atoms with Crippen molar-refractivity contribution in [3.63, 3.8) is 0 Å². The van der Waals surface area contributed by atoms with Gasteiger partial charge in [-0.3, -0.25) is 4.68 Å². The number of nitrogens with one attached hydrogen (secondary N) is 1. The van der Waals surface area contributed by atoms with Crippen LogP contribution in [0.3, 0.4) is 0 Å². The van der Waals surface area contributed by atoms with Crippen molar-refractivity contribution in [1.82, 2.24) is 19.3 Å². The average Bonchev–Trinajstić information content (AvgIpc) is 3.07. The summed E-state index contributed by atoms with van der Waals surface area (Å²) in [6.45, 7) is 6.15. The molecule has 0 radical (unpaired) electrons. The van der Waals surface area contributed by atoms with Crippen LogP contribution in [0.1, 0.15) is 13.3 Å². The highest BCUT2D eigenvalue weighted by Crippen LogP contribution is 2.05. The zero-order valence-electron chi connectivity index (χ0n) is 11.3. The Balaban J connectivity index is 1.72. The Bertz CT molecular complexity index is 451. The van der Waals surface area contributed by atoms with Gasteiger partial charge in [0.05, 0.1) is 6.54 Å². The minimum absolute atomic E-state index is 0.777. The second kappa shape index (κ2) is 7.58. The van der Waals surface area contributed by atoms with Crippen molar-refractivity contribution in [2.45, 2.75) is 26.4 Å². The van der Waals surface area contributed by atoms with Crippen LogP contribution in [0.15, 0.2) is 30.9 Å². The minimum atomic E-state index is 0.777. The van der Waals surface area contributed by atoms with E-state index in [1.807, 2.05) is 36.3 Å². The molecule has 2 heterocycles. The largest absolute Gasteiger partial charge is 0.382 e. The molecule has 0 aliphatic rings. The lowest BCUT2D eigenvalue weighted by Crippen LogP contribution is -2.14. The Morgan fingerprint density at radius 1 is 1.26 bits per heavy atom. The number of anilines is 1. The molecule has 0 unspecified atom stereocenters. The maximum absolute atomic E-state index is 5.34. The predicted molar refractivity (Wildman–Crippen MR) is 74.1 cm³/mol. The number of hydrogen-bond acceptors (Lipinski definition) is 4. The van der Waals surface area contributed by atoms with E-state index >= 15 is 0 Å². The van der Waals surface area contributed by atoms with Crippen molar-refractivity contribution >= 4 is 5.95 Å². The summed E-state index contributed by atoms with van der Waals surface area (Å²) >= 11 is 0. The highest BCUT2D eigenvalue weighted by Gasteiger charge is 2.01. The Hall–Kier alpha value is -1.82. The number of aromatic nitrogens is 4. The molecule has 0 spiro atoms. The van der Waals surface area contributed by atoms with Crippen LogP contribution in [0.25, 0.3) is 0 Å². The van der Waals surface area contributed by atoms with Crippen LogP contribution in [0.5, 0.6) is 0 Å². The van der Waals surface area contributed by atoms with Crippen molar-refractivity contribution in [1.29, 1.82) is 0 Å². The van der Waals surface area contributed by atoms with Gasteiger partial charge < -0.3 is 14.6 Å². The first kappa shape index (κ1) is 13.6. The normalized spacial score (nSPS) is 10.8. The molecule has 1 N–H and O–H groups in total. The molecule has 6 heteroatoms. The number of ether oxygens (including phenoxy) is 1. The Morgan fingerprint density at radius 3 is 3.00 bits per heavy atom. The third-order valence-electron chi connectivity index (χ3n) is 2.79. The van der Waals surface area contributed by atoms with Crippen molar-refractivity contribution < 1.29 is 4.74 Å². The maximum Gasteiger partial charge on any atom is 0.202 e. The molecule has 19 heavy (non-hydrogen) atoms. The molecule has 2 rings (SSSR count). The quantitative estimate of drug-likeness (QED) is 0.698. The molecule has 0 amide bonds. The first-order valence-corrected chi connectivity index (χ1v) is 6.70. The average molecular weight is 263 g/mol. The zero-order valence-corrected chi connectivity index (χ0v) is 11.3. The van der Waals surface area contributed by atoms with E-state index in [0.717, 1.165) is 45.2 Å². The monoisotopic (exact) mass is 263 g/mol. The molecule has 2 aromatic heterocycles. The molecule has 0 aromatic carbocycles.